The van der Waals surface area contributed by atoms with Gasteiger partial charge in [0.25, 0.3) is 0 Å². The number of hydrogen-bond donors (Lipinski definition) is 3. The minimum absolute atomic E-state index is 0.0221. The van der Waals surface area contributed by atoms with Crippen LogP contribution < -0.4 is 15.4 Å². The molecular weight excluding hydrogens is 302 g/mol. The predicted molar refractivity (Wildman–Crippen MR) is 87.0 cm³/mol. The van der Waals surface area contributed by atoms with E-state index in [1.165, 1.54) is 0 Å². The van der Waals surface area contributed by atoms with Crippen molar-refractivity contribution < 1.29 is 13.2 Å². The molecule has 0 spiro atoms. The average molecular weight is 325 g/mol. The van der Waals surface area contributed by atoms with Crippen LogP contribution in [-0.4, -0.2) is 33.7 Å². The van der Waals surface area contributed by atoms with Crippen molar-refractivity contribution in [2.45, 2.75) is 25.8 Å². The van der Waals surface area contributed by atoms with Crippen molar-refractivity contribution in [3.8, 4) is 0 Å². The number of anilines is 1. The Morgan fingerprint density at radius 3 is 2.64 bits per heavy atom. The molecule has 1 aromatic carbocycles. The summed E-state index contributed by atoms with van der Waals surface area (Å²) in [4.78, 5) is 11.9. The lowest BCUT2D eigenvalue weighted by Gasteiger charge is -2.09. The van der Waals surface area contributed by atoms with E-state index in [9.17, 15) is 13.2 Å². The third kappa shape index (κ3) is 6.13. The molecule has 1 unspecified atom stereocenters. The van der Waals surface area contributed by atoms with E-state index >= 15 is 0 Å². The van der Waals surface area contributed by atoms with Gasteiger partial charge in [0.2, 0.25) is 15.9 Å². The fourth-order valence-corrected chi connectivity index (χ4v) is 2.87. The van der Waals surface area contributed by atoms with Gasteiger partial charge < -0.3 is 10.6 Å². The van der Waals surface area contributed by atoms with Crippen LogP contribution in [0.2, 0.25) is 0 Å². The molecule has 6 nitrogen and oxygen atoms in total. The lowest BCUT2D eigenvalue weighted by atomic mass is 10.0. The van der Waals surface area contributed by atoms with Crippen molar-refractivity contribution in [1.82, 2.24) is 10.0 Å². The lowest BCUT2D eigenvalue weighted by Crippen LogP contribution is -2.21. The van der Waals surface area contributed by atoms with Gasteiger partial charge in [-0.2, -0.15) is 0 Å². The van der Waals surface area contributed by atoms with Gasteiger partial charge in [0, 0.05) is 18.7 Å². The summed E-state index contributed by atoms with van der Waals surface area (Å²) in [6.07, 6.45) is 3.72. The number of carbonyl (C=O) groups excluding carboxylic acids is 1. The van der Waals surface area contributed by atoms with Crippen LogP contribution in [0.3, 0.4) is 0 Å². The summed E-state index contributed by atoms with van der Waals surface area (Å²) >= 11 is 0. The molecule has 0 radical (unpaired) electrons. The molecule has 0 aliphatic carbocycles. The molecule has 22 heavy (non-hydrogen) atoms. The summed E-state index contributed by atoms with van der Waals surface area (Å²) < 4.78 is 24.5. The van der Waals surface area contributed by atoms with Gasteiger partial charge in [0.15, 0.2) is 0 Å². The first-order valence-electron chi connectivity index (χ1n) is 7.46. The summed E-state index contributed by atoms with van der Waals surface area (Å²) in [5, 5.41) is 6.16. The fraction of sp³-hybridized carbons (Fsp3) is 0.533. The summed E-state index contributed by atoms with van der Waals surface area (Å²) in [6, 6.07) is 7.17. The van der Waals surface area contributed by atoms with Gasteiger partial charge in [-0.1, -0.05) is 12.1 Å². The van der Waals surface area contributed by atoms with E-state index in [1.54, 1.807) is 24.3 Å². The highest BCUT2D eigenvalue weighted by Gasteiger charge is 2.15. The number of sulfonamides is 1. The van der Waals surface area contributed by atoms with Crippen LogP contribution in [0.5, 0.6) is 0 Å². The quantitative estimate of drug-likeness (QED) is 0.700. The van der Waals surface area contributed by atoms with E-state index in [0.29, 0.717) is 12.3 Å². The largest absolute Gasteiger partial charge is 0.326 e. The molecule has 1 amide bonds. The summed E-state index contributed by atoms with van der Waals surface area (Å²) in [5.74, 6) is 0.629. The zero-order valence-electron chi connectivity index (χ0n) is 12.8. The second kappa shape index (κ2) is 7.71. The molecule has 1 heterocycles. The molecule has 1 aliphatic heterocycles. The van der Waals surface area contributed by atoms with Crippen molar-refractivity contribution in [3.63, 3.8) is 0 Å². The zero-order valence-corrected chi connectivity index (χ0v) is 13.6. The van der Waals surface area contributed by atoms with Crippen molar-refractivity contribution in [1.29, 1.82) is 0 Å². The molecule has 122 valence electrons. The SMILES string of the molecule is CS(=O)(=O)NCc1ccc(NC(=O)CCC2CCNC2)cc1. The zero-order chi connectivity index (χ0) is 16.0. The molecule has 0 saturated carbocycles. The molecule has 1 atom stereocenters. The Morgan fingerprint density at radius 1 is 1.32 bits per heavy atom. The summed E-state index contributed by atoms with van der Waals surface area (Å²) in [7, 11) is -3.19. The topological polar surface area (TPSA) is 87.3 Å². The standard InChI is InChI=1S/C15H23N3O3S/c1-22(20,21)17-11-12-2-5-14(6-3-12)18-15(19)7-4-13-8-9-16-10-13/h2-3,5-6,13,16-17H,4,7-11H2,1H3,(H,18,19). The highest BCUT2D eigenvalue weighted by atomic mass is 32.2. The number of nitrogens with one attached hydrogen (secondary N) is 3. The monoisotopic (exact) mass is 325 g/mol. The first-order valence-corrected chi connectivity index (χ1v) is 9.36. The number of carbonyl (C=O) groups is 1. The fourth-order valence-electron chi connectivity index (χ4n) is 2.44. The van der Waals surface area contributed by atoms with Crippen LogP contribution in [0.4, 0.5) is 5.69 Å². The van der Waals surface area contributed by atoms with Crippen LogP contribution in [0, 0.1) is 5.92 Å². The van der Waals surface area contributed by atoms with E-state index in [-0.39, 0.29) is 12.5 Å². The third-order valence-electron chi connectivity index (χ3n) is 3.72. The van der Waals surface area contributed by atoms with Crippen molar-refractivity contribution >= 4 is 21.6 Å². The highest BCUT2D eigenvalue weighted by molar-refractivity contribution is 7.88. The molecule has 1 aliphatic rings. The van der Waals surface area contributed by atoms with E-state index in [0.717, 1.165) is 43.4 Å². The number of benzene rings is 1. The Balaban J connectivity index is 1.76. The van der Waals surface area contributed by atoms with Gasteiger partial charge in [0.05, 0.1) is 6.26 Å². The molecule has 1 saturated heterocycles. The van der Waals surface area contributed by atoms with E-state index in [2.05, 4.69) is 15.4 Å². The van der Waals surface area contributed by atoms with Crippen LogP contribution in [-0.2, 0) is 21.4 Å². The summed E-state index contributed by atoms with van der Waals surface area (Å²) in [6.45, 7) is 2.31. The predicted octanol–water partition coefficient (Wildman–Crippen LogP) is 1.06. The van der Waals surface area contributed by atoms with E-state index in [1.807, 2.05) is 0 Å². The first-order chi connectivity index (χ1) is 10.4. The molecular formula is C15H23N3O3S. The number of rotatable bonds is 7. The van der Waals surface area contributed by atoms with Crippen molar-refractivity contribution in [3.05, 3.63) is 29.8 Å². The minimum Gasteiger partial charge on any atom is -0.326 e. The van der Waals surface area contributed by atoms with E-state index in [4.69, 9.17) is 0 Å². The molecule has 1 fully saturated rings. The molecule has 0 bridgehead atoms. The van der Waals surface area contributed by atoms with Gasteiger partial charge in [-0.3, -0.25) is 4.79 Å². The molecule has 3 N–H and O–H groups in total. The lowest BCUT2D eigenvalue weighted by molar-refractivity contribution is -0.116. The van der Waals surface area contributed by atoms with Gasteiger partial charge in [-0.15, -0.1) is 0 Å². The molecule has 0 aromatic heterocycles. The van der Waals surface area contributed by atoms with Gasteiger partial charge >= 0.3 is 0 Å². The number of amides is 1. The highest BCUT2D eigenvalue weighted by Crippen LogP contribution is 2.15. The normalized spacial score (nSPS) is 18.3. The summed E-state index contributed by atoms with van der Waals surface area (Å²) in [5.41, 5.74) is 1.58. The Hall–Kier alpha value is -1.44. The third-order valence-corrected chi connectivity index (χ3v) is 4.39. The van der Waals surface area contributed by atoms with Gasteiger partial charge in [0.1, 0.15) is 0 Å². The average Bonchev–Trinajstić information content (AvgIpc) is 2.97. The maximum Gasteiger partial charge on any atom is 0.224 e. The van der Waals surface area contributed by atoms with Gasteiger partial charge in [-0.05, 0) is 49.5 Å². The van der Waals surface area contributed by atoms with Crippen LogP contribution in [0.25, 0.3) is 0 Å². The second-order valence-electron chi connectivity index (χ2n) is 5.74. The first kappa shape index (κ1) is 16.9. The van der Waals surface area contributed by atoms with Gasteiger partial charge in [-0.25, -0.2) is 13.1 Å². The van der Waals surface area contributed by atoms with Crippen LogP contribution in [0.15, 0.2) is 24.3 Å². The smallest absolute Gasteiger partial charge is 0.224 e. The minimum atomic E-state index is -3.19. The Morgan fingerprint density at radius 2 is 2.05 bits per heavy atom. The van der Waals surface area contributed by atoms with E-state index < -0.39 is 10.0 Å². The van der Waals surface area contributed by atoms with Crippen LogP contribution in [0.1, 0.15) is 24.8 Å². The Labute approximate surface area is 131 Å². The van der Waals surface area contributed by atoms with Crippen LogP contribution >= 0.6 is 0 Å². The van der Waals surface area contributed by atoms with Crippen molar-refractivity contribution in [2.75, 3.05) is 24.7 Å². The second-order valence-corrected chi connectivity index (χ2v) is 7.57. The number of hydrogen-bond acceptors (Lipinski definition) is 4. The maximum absolute atomic E-state index is 11.9. The Kier molecular flexibility index (Phi) is 5.93. The molecule has 2 rings (SSSR count). The maximum atomic E-state index is 11.9. The Bertz CT molecular complexity index is 593. The molecule has 7 heteroatoms. The molecule has 1 aromatic rings. The van der Waals surface area contributed by atoms with Crippen molar-refractivity contribution in [2.24, 2.45) is 5.92 Å².